The molecule has 20 aliphatic rings. The van der Waals surface area contributed by atoms with E-state index in [1.54, 1.807) is 21.9 Å². The zero-order valence-corrected chi connectivity index (χ0v) is 66.3. The highest BCUT2D eigenvalue weighted by Gasteiger charge is 2.60. The van der Waals surface area contributed by atoms with E-state index >= 15 is 0 Å². The van der Waals surface area contributed by atoms with Gasteiger partial charge in [0.25, 0.3) is 0 Å². The van der Waals surface area contributed by atoms with E-state index in [-0.39, 0.29) is 83.8 Å². The largest absolute Gasteiger partial charge is 0.337 e. The topological polar surface area (TPSA) is 175 Å². The van der Waals surface area contributed by atoms with Crippen LogP contribution in [-0.4, -0.2) is 237 Å². The van der Waals surface area contributed by atoms with E-state index in [0.717, 1.165) is 111 Å². The Labute approximate surface area is 669 Å². The summed E-state index contributed by atoms with van der Waals surface area (Å²) in [6.45, 7) is 13.4. The maximum Gasteiger partial charge on any atom is 0.246 e. The van der Waals surface area contributed by atoms with Gasteiger partial charge in [-0.3, -0.25) is 77.6 Å². The van der Waals surface area contributed by atoms with Gasteiger partial charge in [0.2, 0.25) is 47.3 Å². The highest BCUT2D eigenvalue weighted by molar-refractivity contribution is 6.10. The second-order valence-electron chi connectivity index (χ2n) is 38.1. The van der Waals surface area contributed by atoms with E-state index in [4.69, 9.17) is 0 Å². The lowest BCUT2D eigenvalue weighted by Gasteiger charge is -2.59. The van der Waals surface area contributed by atoms with Crippen LogP contribution in [0, 0.1) is 59.0 Å². The minimum absolute atomic E-state index is 0.0706. The molecule has 0 aliphatic carbocycles. The second-order valence-corrected chi connectivity index (χ2v) is 38.1. The molecule has 0 aromatic heterocycles. The molecule has 604 valence electrons. The van der Waals surface area contributed by atoms with Crippen molar-refractivity contribution in [3.63, 3.8) is 0 Å². The smallest absolute Gasteiger partial charge is 0.246 e. The average molecular weight is 1550 g/mol. The summed E-state index contributed by atoms with van der Waals surface area (Å²) in [6, 6.07) is 27.6. The molecular weight excluding hydrogens is 1440 g/mol. The Hall–Kier alpha value is -7.66. The zero-order chi connectivity index (χ0) is 77.1. The number of rotatable bonds is 4. The van der Waals surface area contributed by atoms with Gasteiger partial charge in [-0.2, -0.15) is 0 Å². The van der Waals surface area contributed by atoms with Crippen LogP contribution in [0.5, 0.6) is 0 Å². The second kappa shape index (κ2) is 29.7. The third-order valence-corrected chi connectivity index (χ3v) is 32.7. The van der Waals surface area contributed by atoms with Crippen LogP contribution < -0.4 is 19.6 Å². The van der Waals surface area contributed by atoms with Crippen molar-refractivity contribution >= 4 is 70.0 Å². The Morgan fingerprint density at radius 1 is 0.263 bits per heavy atom. The van der Waals surface area contributed by atoms with E-state index < -0.39 is 12.1 Å². The standard InChI is InChI=1S/2C23H28FN3O2.2C23H29N3O2/c2*24-16-5-6-18-15(11-16)12-21(28)27(18)20-8-7-19-17-4-2-10-25-9-1-3-14(22(17)25)13-26(19)23(20)29;2*27-21-13-15-5-1-2-8-18(15)26(21)20-10-9-19-17-7-4-12-24-11-3-6-16(22(17)24)14-25(19)23(20)28/h2*5-6,11,14,17,19-20,22H,1-4,7-10,12-13H2;2*1-2,5,8,16-17,19-20,22H,3-4,6-7,9-14H2/t14-,17+,19+,20?,22-;14-,17-,19-,20?,22+;16-,17+,19+,20?,22-;16-,17-,19-,20?,22+/m0101/s1. The van der Waals surface area contributed by atoms with E-state index in [9.17, 15) is 47.1 Å². The summed E-state index contributed by atoms with van der Waals surface area (Å²) in [5, 5.41) is 0. The number of fused-ring (bicyclic) bond motifs is 12. The number of piperidine rings is 16. The van der Waals surface area contributed by atoms with Gasteiger partial charge in [0.15, 0.2) is 0 Å². The molecule has 4 unspecified atom stereocenters. The van der Waals surface area contributed by atoms with Crippen LogP contribution in [0.15, 0.2) is 84.9 Å². The van der Waals surface area contributed by atoms with Crippen molar-refractivity contribution in [2.24, 2.45) is 47.3 Å². The molecule has 4 aromatic rings. The lowest BCUT2D eigenvalue weighted by atomic mass is 9.67. The van der Waals surface area contributed by atoms with Crippen molar-refractivity contribution in [3.05, 3.63) is 119 Å². The predicted octanol–water partition coefficient (Wildman–Crippen LogP) is 10.0. The summed E-state index contributed by atoms with van der Waals surface area (Å²) < 4.78 is 27.2. The molecule has 0 radical (unpaired) electrons. The van der Waals surface area contributed by atoms with Gasteiger partial charge in [0, 0.05) is 97.3 Å². The summed E-state index contributed by atoms with van der Waals surface area (Å²) in [7, 11) is 0. The van der Waals surface area contributed by atoms with Crippen LogP contribution in [0.2, 0.25) is 0 Å². The maximum atomic E-state index is 13.7. The van der Waals surface area contributed by atoms with Crippen LogP contribution in [-0.2, 0) is 64.0 Å². The molecule has 16 fully saturated rings. The first kappa shape index (κ1) is 73.9. The van der Waals surface area contributed by atoms with E-state index in [1.807, 2.05) is 58.3 Å². The molecular formula is C92H114F2N12O8. The number of benzene rings is 4. The number of anilines is 4. The third kappa shape index (κ3) is 12.4. The van der Waals surface area contributed by atoms with Crippen molar-refractivity contribution in [3.8, 4) is 0 Å². The lowest BCUT2D eigenvalue weighted by Crippen LogP contribution is -2.69. The number of amides is 8. The van der Waals surface area contributed by atoms with E-state index in [2.05, 4.69) is 39.2 Å². The molecule has 0 saturated carbocycles. The fourth-order valence-corrected chi connectivity index (χ4v) is 28.6. The Balaban J connectivity index is 0.0000000955. The van der Waals surface area contributed by atoms with Gasteiger partial charge in [-0.25, -0.2) is 8.78 Å². The molecule has 20 aliphatic heterocycles. The van der Waals surface area contributed by atoms with Gasteiger partial charge in [0.05, 0.1) is 25.7 Å². The molecule has 8 amide bonds. The van der Waals surface area contributed by atoms with Gasteiger partial charge in [-0.05, 0) is 325 Å². The average Bonchev–Trinajstić information content (AvgIpc) is 1.20. The summed E-state index contributed by atoms with van der Waals surface area (Å²) in [4.78, 5) is 132. The Morgan fingerprint density at radius 2 is 0.509 bits per heavy atom. The summed E-state index contributed by atoms with van der Waals surface area (Å²) in [6.07, 6.45) is 28.3. The number of nitrogens with zero attached hydrogens (tertiary/aromatic N) is 12. The number of carbonyl (C=O) groups excluding carboxylic acids is 8. The van der Waals surface area contributed by atoms with Crippen molar-refractivity contribution < 1.29 is 47.1 Å². The molecule has 0 spiro atoms. The molecule has 20 atom stereocenters. The molecule has 0 N–H and O–H groups in total. The normalized spacial score (nSPS) is 37.1. The first-order valence-corrected chi connectivity index (χ1v) is 44.9. The van der Waals surface area contributed by atoms with Crippen LogP contribution in [0.1, 0.15) is 176 Å². The lowest BCUT2D eigenvalue weighted by molar-refractivity contribution is -0.154. The van der Waals surface area contributed by atoms with Gasteiger partial charge < -0.3 is 19.6 Å². The number of hydrogen-bond acceptors (Lipinski definition) is 12. The van der Waals surface area contributed by atoms with Crippen LogP contribution in [0.4, 0.5) is 31.5 Å². The molecule has 114 heavy (non-hydrogen) atoms. The summed E-state index contributed by atoms with van der Waals surface area (Å²) >= 11 is 0. The summed E-state index contributed by atoms with van der Waals surface area (Å²) in [5.74, 6) is 4.90. The summed E-state index contributed by atoms with van der Waals surface area (Å²) in [5.41, 5.74) is 6.92. The number of halogens is 2. The Morgan fingerprint density at radius 3 is 0.789 bits per heavy atom. The fourth-order valence-electron chi connectivity index (χ4n) is 28.6. The van der Waals surface area contributed by atoms with Crippen molar-refractivity contribution in [2.75, 3.05) is 98.1 Å². The van der Waals surface area contributed by atoms with Crippen molar-refractivity contribution in [2.45, 2.75) is 252 Å². The SMILES string of the molecule is O=C1Cc2cc(F)ccc2N1C1CC[C@@H]2[C@H]3CCCN4CCC[C@@H](CN2C1=O)[C@@H]34.O=C1Cc2cc(F)ccc2N1C1CC[C@@H]2[C@H]3CCCN4CCC[C@H](CN2C1=O)[C@@H]34.O=C1Cc2ccccc2N1C1CC[C@@H]2[C@H]3CCCN4CCC[C@@H](CN2C1=O)[C@@H]34.O=C1Cc2ccccc2N1C1CC[C@@H]2[C@H]3CCCN4CCC[C@H](CN2C1=O)[C@@H]34. The first-order chi connectivity index (χ1) is 55.7. The minimum atomic E-state index is -0.426. The molecule has 20 nitrogen and oxygen atoms in total. The van der Waals surface area contributed by atoms with Crippen molar-refractivity contribution in [1.29, 1.82) is 0 Å². The quantitative estimate of drug-likeness (QED) is 0.189. The van der Waals surface area contributed by atoms with Gasteiger partial charge in [-0.1, -0.05) is 36.4 Å². The Kier molecular flexibility index (Phi) is 19.3. The van der Waals surface area contributed by atoms with E-state index in [1.165, 1.54) is 179 Å². The minimum Gasteiger partial charge on any atom is -0.337 e. The molecule has 20 heterocycles. The predicted molar refractivity (Wildman–Crippen MR) is 428 cm³/mol. The molecule has 16 saturated heterocycles. The van der Waals surface area contributed by atoms with Crippen LogP contribution in [0.3, 0.4) is 0 Å². The number of carbonyl (C=O) groups is 8. The molecule has 0 bridgehead atoms. The highest BCUT2D eigenvalue weighted by atomic mass is 19.1. The molecule has 24 rings (SSSR count). The van der Waals surface area contributed by atoms with Gasteiger partial charge in [0.1, 0.15) is 35.8 Å². The maximum absolute atomic E-state index is 13.7. The van der Waals surface area contributed by atoms with Crippen LogP contribution >= 0.6 is 0 Å². The fraction of sp³-hybridized carbons (Fsp3) is 0.652. The van der Waals surface area contributed by atoms with E-state index in [0.29, 0.717) is 120 Å². The number of para-hydroxylation sites is 2. The van der Waals surface area contributed by atoms with Crippen molar-refractivity contribution in [1.82, 2.24) is 39.2 Å². The molecule has 22 heteroatoms. The highest BCUT2D eigenvalue weighted by Crippen LogP contribution is 2.53. The van der Waals surface area contributed by atoms with Gasteiger partial charge >= 0.3 is 0 Å². The Bertz CT molecular complexity index is 4220. The first-order valence-electron chi connectivity index (χ1n) is 44.9. The van der Waals surface area contributed by atoms with Gasteiger partial charge in [-0.15, -0.1) is 0 Å². The van der Waals surface area contributed by atoms with Crippen LogP contribution in [0.25, 0.3) is 0 Å². The zero-order valence-electron chi connectivity index (χ0n) is 66.3. The number of hydrogen-bond donors (Lipinski definition) is 0. The molecule has 4 aromatic carbocycles. The third-order valence-electron chi connectivity index (χ3n) is 32.7. The monoisotopic (exact) mass is 1550 g/mol.